The summed E-state index contributed by atoms with van der Waals surface area (Å²) in [6, 6.07) is 0. The number of aromatic nitrogens is 1. The smallest absolute Gasteiger partial charge is 0.0897 e. The zero-order chi connectivity index (χ0) is 12.2. The first kappa shape index (κ1) is 13.6. The van der Waals surface area contributed by atoms with Gasteiger partial charge in [-0.05, 0) is 26.2 Å². The highest BCUT2D eigenvalue weighted by molar-refractivity contribution is 7.11. The third kappa shape index (κ3) is 5.05. The number of nitrogens with zero attached hydrogens (tertiary/aromatic N) is 1. The van der Waals surface area contributed by atoms with E-state index in [0.29, 0.717) is 12.5 Å². The molecule has 0 amide bonds. The molecule has 0 saturated carbocycles. The molecule has 2 N–H and O–H groups in total. The van der Waals surface area contributed by atoms with E-state index in [1.165, 1.54) is 4.88 Å². The van der Waals surface area contributed by atoms with Crippen LogP contribution in [0.5, 0.6) is 0 Å². The number of aryl methyl sites for hydroxylation is 1. The number of hydrogen-bond donors (Lipinski definition) is 2. The van der Waals surface area contributed by atoms with E-state index < -0.39 is 5.60 Å². The van der Waals surface area contributed by atoms with E-state index in [9.17, 15) is 5.11 Å². The van der Waals surface area contributed by atoms with Crippen LogP contribution in [-0.2, 0) is 6.54 Å². The summed E-state index contributed by atoms with van der Waals surface area (Å²) in [6.45, 7) is 9.56. The molecule has 3 nitrogen and oxygen atoms in total. The predicted molar refractivity (Wildman–Crippen MR) is 68.6 cm³/mol. The third-order valence-corrected chi connectivity index (χ3v) is 3.23. The molecule has 0 aliphatic rings. The van der Waals surface area contributed by atoms with Gasteiger partial charge in [-0.2, -0.15) is 0 Å². The molecule has 1 aromatic heterocycles. The molecule has 1 aromatic rings. The van der Waals surface area contributed by atoms with Crippen LogP contribution < -0.4 is 5.32 Å². The summed E-state index contributed by atoms with van der Waals surface area (Å²) in [6.07, 6.45) is 2.71. The Morgan fingerprint density at radius 2 is 2.25 bits per heavy atom. The molecule has 0 fully saturated rings. The Morgan fingerprint density at radius 1 is 1.56 bits per heavy atom. The molecular weight excluding hydrogens is 220 g/mol. The first-order chi connectivity index (χ1) is 7.39. The fraction of sp³-hybridized carbons (Fsp3) is 0.750. The molecule has 0 aliphatic heterocycles. The summed E-state index contributed by atoms with van der Waals surface area (Å²) < 4.78 is 0. The van der Waals surface area contributed by atoms with Crippen LogP contribution in [0.2, 0.25) is 0 Å². The van der Waals surface area contributed by atoms with Crippen LogP contribution in [0.25, 0.3) is 0 Å². The molecular formula is C12H22N2OS. The van der Waals surface area contributed by atoms with Gasteiger partial charge >= 0.3 is 0 Å². The molecule has 4 heteroatoms. The Balaban J connectivity index is 2.29. The van der Waals surface area contributed by atoms with E-state index in [1.807, 2.05) is 20.0 Å². The topological polar surface area (TPSA) is 45.2 Å². The molecule has 1 rings (SSSR count). The average Bonchev–Trinajstić information content (AvgIpc) is 2.48. The van der Waals surface area contributed by atoms with Gasteiger partial charge in [0, 0.05) is 24.2 Å². The molecule has 0 saturated heterocycles. The molecule has 0 aromatic carbocycles. The molecule has 0 aliphatic carbocycles. The highest BCUT2D eigenvalue weighted by Crippen LogP contribution is 2.16. The van der Waals surface area contributed by atoms with Crippen LogP contribution in [0.4, 0.5) is 0 Å². The summed E-state index contributed by atoms with van der Waals surface area (Å²) in [5, 5.41) is 14.5. The molecule has 0 radical (unpaired) electrons. The Labute approximate surface area is 102 Å². The van der Waals surface area contributed by atoms with E-state index in [-0.39, 0.29) is 0 Å². The number of thiazole rings is 1. The van der Waals surface area contributed by atoms with Crippen molar-refractivity contribution in [2.45, 2.75) is 46.3 Å². The minimum Gasteiger partial charge on any atom is -0.389 e. The minimum absolute atomic E-state index is 0.516. The monoisotopic (exact) mass is 242 g/mol. The van der Waals surface area contributed by atoms with Gasteiger partial charge < -0.3 is 10.4 Å². The van der Waals surface area contributed by atoms with E-state index in [0.717, 1.165) is 18.0 Å². The molecule has 0 spiro atoms. The van der Waals surface area contributed by atoms with Gasteiger partial charge in [0.1, 0.15) is 0 Å². The van der Waals surface area contributed by atoms with Gasteiger partial charge in [-0.15, -0.1) is 11.3 Å². The van der Waals surface area contributed by atoms with Gasteiger partial charge in [-0.25, -0.2) is 4.98 Å². The largest absolute Gasteiger partial charge is 0.389 e. The summed E-state index contributed by atoms with van der Waals surface area (Å²) in [5.41, 5.74) is -0.617. The second kappa shape index (κ2) is 5.75. The normalized spacial score (nSPS) is 15.4. The average molecular weight is 242 g/mol. The van der Waals surface area contributed by atoms with Crippen LogP contribution in [-0.4, -0.2) is 22.2 Å². The number of hydrogen-bond acceptors (Lipinski definition) is 4. The van der Waals surface area contributed by atoms with Crippen LogP contribution in [0.15, 0.2) is 6.20 Å². The molecule has 0 bridgehead atoms. The lowest BCUT2D eigenvalue weighted by Crippen LogP contribution is -2.38. The fourth-order valence-corrected chi connectivity index (χ4v) is 2.66. The van der Waals surface area contributed by atoms with Crippen molar-refractivity contribution in [3.63, 3.8) is 0 Å². The van der Waals surface area contributed by atoms with Crippen LogP contribution in [0, 0.1) is 12.8 Å². The minimum atomic E-state index is -0.617. The summed E-state index contributed by atoms with van der Waals surface area (Å²) in [7, 11) is 0. The maximum absolute atomic E-state index is 10.1. The maximum atomic E-state index is 10.1. The number of aliphatic hydroxyl groups is 1. The summed E-state index contributed by atoms with van der Waals surface area (Å²) in [5.74, 6) is 0.516. The maximum Gasteiger partial charge on any atom is 0.0897 e. The van der Waals surface area contributed by atoms with Gasteiger partial charge in [0.2, 0.25) is 0 Å². The van der Waals surface area contributed by atoms with E-state index in [4.69, 9.17) is 0 Å². The van der Waals surface area contributed by atoms with Crippen molar-refractivity contribution >= 4 is 11.3 Å². The Kier molecular flexibility index (Phi) is 4.89. The van der Waals surface area contributed by atoms with Gasteiger partial charge in [0.25, 0.3) is 0 Å². The van der Waals surface area contributed by atoms with Gasteiger partial charge in [-0.3, -0.25) is 0 Å². The van der Waals surface area contributed by atoms with Crippen molar-refractivity contribution < 1.29 is 5.11 Å². The Bertz CT molecular complexity index is 321. The zero-order valence-electron chi connectivity index (χ0n) is 10.6. The molecule has 1 heterocycles. The molecule has 1 unspecified atom stereocenters. The quantitative estimate of drug-likeness (QED) is 0.805. The molecule has 16 heavy (non-hydrogen) atoms. The molecule has 92 valence electrons. The molecule has 1 atom stereocenters. The predicted octanol–water partition coefficient (Wildman–Crippen LogP) is 2.34. The van der Waals surface area contributed by atoms with Crippen molar-refractivity contribution in [3.8, 4) is 0 Å². The van der Waals surface area contributed by atoms with Crippen molar-refractivity contribution in [2.75, 3.05) is 6.54 Å². The lowest BCUT2D eigenvalue weighted by molar-refractivity contribution is 0.0384. The van der Waals surface area contributed by atoms with Crippen molar-refractivity contribution in [2.24, 2.45) is 5.92 Å². The lowest BCUT2D eigenvalue weighted by Gasteiger charge is -2.25. The van der Waals surface area contributed by atoms with E-state index in [2.05, 4.69) is 24.1 Å². The summed E-state index contributed by atoms with van der Waals surface area (Å²) >= 11 is 1.70. The Morgan fingerprint density at radius 3 is 2.75 bits per heavy atom. The third-order valence-electron chi connectivity index (χ3n) is 2.32. The fourth-order valence-electron chi connectivity index (χ4n) is 1.89. The van der Waals surface area contributed by atoms with Gasteiger partial charge in [-0.1, -0.05) is 13.8 Å². The lowest BCUT2D eigenvalue weighted by atomic mass is 9.94. The van der Waals surface area contributed by atoms with Crippen molar-refractivity contribution in [1.82, 2.24) is 10.3 Å². The van der Waals surface area contributed by atoms with Gasteiger partial charge in [0.05, 0.1) is 10.6 Å². The van der Waals surface area contributed by atoms with Gasteiger partial charge in [0.15, 0.2) is 0 Å². The Hall–Kier alpha value is -0.450. The van der Waals surface area contributed by atoms with Crippen molar-refractivity contribution in [3.05, 3.63) is 16.1 Å². The van der Waals surface area contributed by atoms with E-state index in [1.54, 1.807) is 11.3 Å². The summed E-state index contributed by atoms with van der Waals surface area (Å²) in [4.78, 5) is 5.42. The van der Waals surface area contributed by atoms with Crippen LogP contribution >= 0.6 is 11.3 Å². The second-order valence-electron chi connectivity index (χ2n) is 5.04. The standard InChI is InChI=1S/C12H22N2OS/c1-9(2)5-12(4,15)8-13-6-11-7-14-10(3)16-11/h7,9,13,15H,5-6,8H2,1-4H3. The highest BCUT2D eigenvalue weighted by Gasteiger charge is 2.21. The highest BCUT2D eigenvalue weighted by atomic mass is 32.1. The first-order valence-corrected chi connectivity index (χ1v) is 6.55. The second-order valence-corrected chi connectivity index (χ2v) is 6.36. The number of nitrogens with one attached hydrogen (secondary N) is 1. The SMILES string of the molecule is Cc1ncc(CNCC(C)(O)CC(C)C)s1. The zero-order valence-corrected chi connectivity index (χ0v) is 11.4. The van der Waals surface area contributed by atoms with Crippen LogP contribution in [0.3, 0.4) is 0 Å². The number of rotatable bonds is 6. The first-order valence-electron chi connectivity index (χ1n) is 5.73. The van der Waals surface area contributed by atoms with Crippen LogP contribution in [0.1, 0.15) is 37.1 Å². The van der Waals surface area contributed by atoms with Crippen molar-refractivity contribution in [1.29, 1.82) is 0 Å². The van der Waals surface area contributed by atoms with E-state index >= 15 is 0 Å².